The molecule has 2 nitrogen and oxygen atoms in total. The number of rotatable bonds is 1. The third-order valence-corrected chi connectivity index (χ3v) is 4.00. The number of hydrogen-bond acceptors (Lipinski definition) is 2. The molecule has 2 heteroatoms. The van der Waals surface area contributed by atoms with Gasteiger partial charge in [0, 0.05) is 24.8 Å². The SMILES string of the molecule is CC(C)(C)/C(C#CCCO)=C1/CCC(=O)CCC1(C)C. The van der Waals surface area contributed by atoms with E-state index in [2.05, 4.69) is 46.5 Å². The normalized spacial score (nSPS) is 21.8. The first-order chi connectivity index (χ1) is 9.18. The minimum absolute atomic E-state index is 0.0254. The van der Waals surface area contributed by atoms with Crippen LogP contribution in [-0.4, -0.2) is 17.5 Å². The monoisotopic (exact) mass is 276 g/mol. The van der Waals surface area contributed by atoms with E-state index in [9.17, 15) is 4.79 Å². The summed E-state index contributed by atoms with van der Waals surface area (Å²) in [5, 5.41) is 8.91. The number of carbonyl (C=O) groups is 1. The molecule has 1 rings (SSSR count). The van der Waals surface area contributed by atoms with Crippen LogP contribution in [-0.2, 0) is 4.79 Å². The van der Waals surface area contributed by atoms with Crippen molar-refractivity contribution in [3.8, 4) is 11.8 Å². The summed E-state index contributed by atoms with van der Waals surface area (Å²) in [4.78, 5) is 11.8. The second kappa shape index (κ2) is 6.59. The predicted octanol–water partition coefficient (Wildman–Crippen LogP) is 3.88. The average Bonchev–Trinajstić information content (AvgIpc) is 2.44. The predicted molar refractivity (Wildman–Crippen MR) is 83.2 cm³/mol. The summed E-state index contributed by atoms with van der Waals surface area (Å²) in [5.74, 6) is 6.72. The molecule has 20 heavy (non-hydrogen) atoms. The van der Waals surface area contributed by atoms with Crippen LogP contribution in [0, 0.1) is 22.7 Å². The van der Waals surface area contributed by atoms with E-state index in [4.69, 9.17) is 5.11 Å². The van der Waals surface area contributed by atoms with Crippen LogP contribution < -0.4 is 0 Å². The van der Waals surface area contributed by atoms with Crippen LogP contribution in [0.4, 0.5) is 0 Å². The molecular formula is C18H28O2. The Morgan fingerprint density at radius 2 is 1.90 bits per heavy atom. The molecule has 1 N–H and O–H groups in total. The number of allylic oxidation sites excluding steroid dienone is 2. The maximum absolute atomic E-state index is 11.8. The molecule has 0 aliphatic heterocycles. The van der Waals surface area contributed by atoms with Crippen LogP contribution in [0.5, 0.6) is 0 Å². The molecule has 0 saturated heterocycles. The first kappa shape index (κ1) is 17.0. The first-order valence-corrected chi connectivity index (χ1v) is 7.54. The third kappa shape index (κ3) is 4.49. The summed E-state index contributed by atoms with van der Waals surface area (Å²) < 4.78 is 0. The van der Waals surface area contributed by atoms with E-state index in [-0.39, 0.29) is 17.4 Å². The zero-order valence-electron chi connectivity index (χ0n) is 13.6. The molecule has 0 atom stereocenters. The van der Waals surface area contributed by atoms with Crippen LogP contribution in [0.2, 0.25) is 0 Å². The van der Waals surface area contributed by atoms with Gasteiger partial charge in [-0.3, -0.25) is 4.79 Å². The molecule has 0 unspecified atom stereocenters. The smallest absolute Gasteiger partial charge is 0.133 e. The zero-order chi connectivity index (χ0) is 15.4. The summed E-state index contributed by atoms with van der Waals surface area (Å²) in [5.41, 5.74) is 2.50. The van der Waals surface area contributed by atoms with Gasteiger partial charge in [0.15, 0.2) is 0 Å². The van der Waals surface area contributed by atoms with Gasteiger partial charge in [0.05, 0.1) is 6.61 Å². The Balaban J connectivity index is 3.31. The van der Waals surface area contributed by atoms with E-state index in [0.717, 1.165) is 18.4 Å². The van der Waals surface area contributed by atoms with Crippen LogP contribution in [0.15, 0.2) is 11.1 Å². The van der Waals surface area contributed by atoms with Crippen LogP contribution in [0.25, 0.3) is 0 Å². The summed E-state index contributed by atoms with van der Waals surface area (Å²) in [6.45, 7) is 11.1. The Hall–Kier alpha value is -1.07. The maximum Gasteiger partial charge on any atom is 0.133 e. The van der Waals surface area contributed by atoms with Crippen molar-refractivity contribution in [2.75, 3.05) is 6.61 Å². The van der Waals surface area contributed by atoms with Gasteiger partial charge in [-0.05, 0) is 23.7 Å². The Morgan fingerprint density at radius 3 is 2.45 bits per heavy atom. The van der Waals surface area contributed by atoms with Gasteiger partial charge in [0.1, 0.15) is 5.78 Å². The lowest BCUT2D eigenvalue weighted by molar-refractivity contribution is -0.119. The summed E-state index contributed by atoms with van der Waals surface area (Å²) in [6, 6.07) is 0. The average molecular weight is 276 g/mol. The van der Waals surface area contributed by atoms with Crippen molar-refractivity contribution in [2.45, 2.75) is 66.7 Å². The molecule has 112 valence electrons. The fourth-order valence-electron chi connectivity index (χ4n) is 2.72. The number of Topliss-reactive ketones (excluding diaryl/α,β-unsaturated/α-hetero) is 1. The van der Waals surface area contributed by atoms with Crippen molar-refractivity contribution in [3.63, 3.8) is 0 Å². The lowest BCUT2D eigenvalue weighted by Crippen LogP contribution is -2.20. The number of aliphatic hydroxyl groups is 1. The lowest BCUT2D eigenvalue weighted by atomic mass is 9.72. The van der Waals surface area contributed by atoms with E-state index in [1.54, 1.807) is 0 Å². The van der Waals surface area contributed by atoms with Crippen LogP contribution in [0.1, 0.15) is 66.7 Å². The maximum atomic E-state index is 11.8. The van der Waals surface area contributed by atoms with Crippen molar-refractivity contribution >= 4 is 5.78 Å². The lowest BCUT2D eigenvalue weighted by Gasteiger charge is -2.32. The van der Waals surface area contributed by atoms with E-state index in [0.29, 0.717) is 25.0 Å². The Labute approximate surface area is 123 Å². The van der Waals surface area contributed by atoms with Crippen LogP contribution >= 0.6 is 0 Å². The second-order valence-electron chi connectivity index (χ2n) is 7.30. The first-order valence-electron chi connectivity index (χ1n) is 7.54. The van der Waals surface area contributed by atoms with Gasteiger partial charge in [-0.1, -0.05) is 52.0 Å². The number of ketones is 1. The van der Waals surface area contributed by atoms with Crippen molar-refractivity contribution in [3.05, 3.63) is 11.1 Å². The van der Waals surface area contributed by atoms with E-state index >= 15 is 0 Å². The van der Waals surface area contributed by atoms with Crippen molar-refractivity contribution < 1.29 is 9.90 Å². The Morgan fingerprint density at radius 1 is 1.25 bits per heavy atom. The van der Waals surface area contributed by atoms with Gasteiger partial charge in [-0.25, -0.2) is 0 Å². The van der Waals surface area contributed by atoms with E-state index < -0.39 is 0 Å². The van der Waals surface area contributed by atoms with Gasteiger partial charge < -0.3 is 5.11 Å². The van der Waals surface area contributed by atoms with Gasteiger partial charge in [-0.2, -0.15) is 0 Å². The molecule has 0 spiro atoms. The zero-order valence-corrected chi connectivity index (χ0v) is 13.6. The van der Waals surface area contributed by atoms with Crippen molar-refractivity contribution in [1.29, 1.82) is 0 Å². The summed E-state index contributed by atoms with van der Waals surface area (Å²) in [7, 11) is 0. The van der Waals surface area contributed by atoms with Gasteiger partial charge in [0.2, 0.25) is 0 Å². The molecule has 0 aromatic heterocycles. The minimum Gasteiger partial charge on any atom is -0.395 e. The van der Waals surface area contributed by atoms with E-state index in [1.807, 2.05) is 0 Å². The molecule has 1 fully saturated rings. The highest BCUT2D eigenvalue weighted by Crippen LogP contribution is 2.43. The largest absolute Gasteiger partial charge is 0.395 e. The molecule has 0 bridgehead atoms. The highest BCUT2D eigenvalue weighted by Gasteiger charge is 2.32. The molecule has 1 aliphatic carbocycles. The highest BCUT2D eigenvalue weighted by molar-refractivity contribution is 5.79. The molecule has 0 aromatic rings. The second-order valence-corrected chi connectivity index (χ2v) is 7.30. The molecule has 0 heterocycles. The third-order valence-electron chi connectivity index (χ3n) is 4.00. The topological polar surface area (TPSA) is 37.3 Å². The van der Waals surface area contributed by atoms with E-state index in [1.165, 1.54) is 5.57 Å². The Bertz CT molecular complexity index is 450. The molecular weight excluding hydrogens is 248 g/mol. The quantitative estimate of drug-likeness (QED) is 0.583. The molecule has 1 aliphatic rings. The number of aliphatic hydroxyl groups excluding tert-OH is 1. The summed E-state index contributed by atoms with van der Waals surface area (Å²) in [6.07, 6.45) is 3.55. The van der Waals surface area contributed by atoms with Crippen LogP contribution in [0.3, 0.4) is 0 Å². The fraction of sp³-hybridized carbons (Fsp3) is 0.722. The minimum atomic E-state index is -0.0254. The van der Waals surface area contributed by atoms with Crippen molar-refractivity contribution in [1.82, 2.24) is 0 Å². The molecule has 1 saturated carbocycles. The molecule has 0 amide bonds. The standard InChI is InChI=1S/C18H28O2/c1-17(2,3)15(8-6-7-13-19)16-10-9-14(20)11-12-18(16,4)5/h19H,7,9-13H2,1-5H3/b16-15-. The fourth-order valence-corrected chi connectivity index (χ4v) is 2.72. The highest BCUT2D eigenvalue weighted by atomic mass is 16.2. The van der Waals surface area contributed by atoms with Gasteiger partial charge >= 0.3 is 0 Å². The number of carbonyl (C=O) groups excluding carboxylic acids is 1. The Kier molecular flexibility index (Phi) is 5.59. The van der Waals surface area contributed by atoms with Gasteiger partial charge in [-0.15, -0.1) is 0 Å². The van der Waals surface area contributed by atoms with Crippen molar-refractivity contribution in [2.24, 2.45) is 10.8 Å². The molecule has 0 aromatic carbocycles. The number of hydrogen-bond donors (Lipinski definition) is 1. The summed E-state index contributed by atoms with van der Waals surface area (Å²) >= 11 is 0. The van der Waals surface area contributed by atoms with Gasteiger partial charge in [0.25, 0.3) is 0 Å². The molecule has 0 radical (unpaired) electrons.